The number of nitrogens with zero attached hydrogens (tertiary/aromatic N) is 3. The van der Waals surface area contributed by atoms with Gasteiger partial charge >= 0.3 is 0 Å². The monoisotopic (exact) mass is 419 g/mol. The smallest absolute Gasteiger partial charge is 0.295 e. The summed E-state index contributed by atoms with van der Waals surface area (Å²) >= 11 is 7.81. The van der Waals surface area contributed by atoms with Crippen LogP contribution in [-0.2, 0) is 4.74 Å². The molecule has 0 N–H and O–H groups in total. The molecule has 1 aliphatic rings. The zero-order valence-corrected chi connectivity index (χ0v) is 17.3. The minimum absolute atomic E-state index is 0.181. The van der Waals surface area contributed by atoms with E-state index in [1.807, 2.05) is 19.1 Å². The number of furan rings is 1. The summed E-state index contributed by atoms with van der Waals surface area (Å²) < 4.78 is 11.7. The Bertz CT molecular complexity index is 912. The molecule has 28 heavy (non-hydrogen) atoms. The Morgan fingerprint density at radius 1 is 1.32 bits per heavy atom. The molecule has 0 aliphatic carbocycles. The SMILES string of the molecule is Cc1ccc(Cl)c2sc(N(CCCN3CCOCC3)C(=O)c3ccco3)nc12. The first kappa shape index (κ1) is 19.4. The molecule has 0 unspecified atom stereocenters. The number of carbonyl (C=O) groups excluding carboxylic acids is 1. The predicted octanol–water partition coefficient (Wildman–Crippen LogP) is 4.22. The number of aryl methyl sites for hydroxylation is 1. The van der Waals surface area contributed by atoms with E-state index in [9.17, 15) is 4.79 Å². The van der Waals surface area contributed by atoms with Gasteiger partial charge in [-0.1, -0.05) is 29.0 Å². The fraction of sp³-hybridized carbons (Fsp3) is 0.400. The topological polar surface area (TPSA) is 58.8 Å². The number of thiazole rings is 1. The summed E-state index contributed by atoms with van der Waals surface area (Å²) in [4.78, 5) is 21.9. The van der Waals surface area contributed by atoms with Crippen molar-refractivity contribution in [3.63, 3.8) is 0 Å². The van der Waals surface area contributed by atoms with E-state index >= 15 is 0 Å². The van der Waals surface area contributed by atoms with E-state index in [-0.39, 0.29) is 5.91 Å². The number of fused-ring (bicyclic) bond motifs is 1. The number of ether oxygens (including phenoxy) is 1. The van der Waals surface area contributed by atoms with Gasteiger partial charge in [0, 0.05) is 26.2 Å². The lowest BCUT2D eigenvalue weighted by molar-refractivity contribution is 0.0376. The molecule has 4 rings (SSSR count). The lowest BCUT2D eigenvalue weighted by Gasteiger charge is -2.27. The van der Waals surface area contributed by atoms with Crippen molar-refractivity contribution in [3.05, 3.63) is 46.9 Å². The zero-order valence-electron chi connectivity index (χ0n) is 15.7. The Balaban J connectivity index is 1.58. The predicted molar refractivity (Wildman–Crippen MR) is 112 cm³/mol. The molecule has 8 heteroatoms. The Hall–Kier alpha value is -1.93. The van der Waals surface area contributed by atoms with Crippen molar-refractivity contribution < 1.29 is 13.9 Å². The molecule has 0 radical (unpaired) electrons. The molecule has 0 spiro atoms. The number of anilines is 1. The van der Waals surface area contributed by atoms with Crippen LogP contribution in [0.25, 0.3) is 10.2 Å². The van der Waals surface area contributed by atoms with Crippen molar-refractivity contribution in [3.8, 4) is 0 Å². The quantitative estimate of drug-likeness (QED) is 0.598. The van der Waals surface area contributed by atoms with Gasteiger partial charge in [0.15, 0.2) is 10.9 Å². The van der Waals surface area contributed by atoms with E-state index in [0.29, 0.717) is 22.5 Å². The molecule has 3 aromatic rings. The first-order chi connectivity index (χ1) is 13.6. The highest BCUT2D eigenvalue weighted by molar-refractivity contribution is 7.23. The van der Waals surface area contributed by atoms with Crippen molar-refractivity contribution in [1.29, 1.82) is 0 Å². The molecule has 0 saturated carbocycles. The number of carbonyl (C=O) groups is 1. The van der Waals surface area contributed by atoms with Crippen LogP contribution in [0.4, 0.5) is 5.13 Å². The van der Waals surface area contributed by atoms with Crippen molar-refractivity contribution >= 4 is 44.2 Å². The van der Waals surface area contributed by atoms with Crippen LogP contribution in [0, 0.1) is 6.92 Å². The van der Waals surface area contributed by atoms with Crippen molar-refractivity contribution in [2.75, 3.05) is 44.3 Å². The van der Waals surface area contributed by atoms with Crippen LogP contribution in [0.1, 0.15) is 22.5 Å². The fourth-order valence-electron chi connectivity index (χ4n) is 3.30. The summed E-state index contributed by atoms with van der Waals surface area (Å²) in [6.45, 7) is 6.88. The molecule has 1 aromatic carbocycles. The zero-order chi connectivity index (χ0) is 19.5. The molecular formula is C20H22ClN3O3S. The van der Waals surface area contributed by atoms with Crippen LogP contribution in [0.3, 0.4) is 0 Å². The van der Waals surface area contributed by atoms with Gasteiger partial charge in [0.05, 0.1) is 34.7 Å². The van der Waals surface area contributed by atoms with Gasteiger partial charge in [0.25, 0.3) is 5.91 Å². The van der Waals surface area contributed by atoms with E-state index < -0.39 is 0 Å². The minimum Gasteiger partial charge on any atom is -0.459 e. The number of hydrogen-bond acceptors (Lipinski definition) is 6. The molecule has 1 saturated heterocycles. The van der Waals surface area contributed by atoms with Crippen LogP contribution in [0.15, 0.2) is 34.9 Å². The van der Waals surface area contributed by atoms with Crippen molar-refractivity contribution in [2.24, 2.45) is 0 Å². The van der Waals surface area contributed by atoms with Gasteiger partial charge in [-0.2, -0.15) is 0 Å². The number of halogens is 1. The first-order valence-corrected chi connectivity index (χ1v) is 10.5. The van der Waals surface area contributed by atoms with Gasteiger partial charge < -0.3 is 9.15 Å². The maximum absolute atomic E-state index is 13.1. The molecule has 0 bridgehead atoms. The average Bonchev–Trinajstić information content (AvgIpc) is 3.39. The Morgan fingerprint density at radius 3 is 2.86 bits per heavy atom. The number of morpholine rings is 1. The molecule has 148 valence electrons. The summed E-state index contributed by atoms with van der Waals surface area (Å²) in [5.74, 6) is 0.133. The molecule has 1 amide bonds. The van der Waals surface area contributed by atoms with Crippen LogP contribution in [0.2, 0.25) is 5.02 Å². The average molecular weight is 420 g/mol. The second-order valence-electron chi connectivity index (χ2n) is 6.78. The summed E-state index contributed by atoms with van der Waals surface area (Å²) in [6.07, 6.45) is 2.35. The maximum atomic E-state index is 13.1. The summed E-state index contributed by atoms with van der Waals surface area (Å²) in [7, 11) is 0. The lowest BCUT2D eigenvalue weighted by Crippen LogP contribution is -2.39. The first-order valence-electron chi connectivity index (χ1n) is 9.34. The molecule has 1 fully saturated rings. The van der Waals surface area contributed by atoms with Gasteiger partial charge in [-0.05, 0) is 37.1 Å². The third-order valence-corrected chi connectivity index (χ3v) is 6.39. The number of aromatic nitrogens is 1. The minimum atomic E-state index is -0.181. The number of benzene rings is 1. The molecule has 0 atom stereocenters. The van der Waals surface area contributed by atoms with Crippen LogP contribution in [0.5, 0.6) is 0 Å². The number of amides is 1. The van der Waals surface area contributed by atoms with E-state index in [1.165, 1.54) is 17.6 Å². The molecule has 2 aromatic heterocycles. The molecular weight excluding hydrogens is 398 g/mol. The summed E-state index contributed by atoms with van der Waals surface area (Å²) in [6, 6.07) is 7.23. The summed E-state index contributed by atoms with van der Waals surface area (Å²) in [5, 5.41) is 1.30. The lowest BCUT2D eigenvalue weighted by atomic mass is 10.2. The molecule has 1 aliphatic heterocycles. The second-order valence-corrected chi connectivity index (χ2v) is 8.16. The van der Waals surface area contributed by atoms with Gasteiger partial charge in [0.1, 0.15) is 0 Å². The molecule has 6 nitrogen and oxygen atoms in total. The van der Waals surface area contributed by atoms with Crippen LogP contribution >= 0.6 is 22.9 Å². The number of rotatable bonds is 6. The van der Waals surface area contributed by atoms with Gasteiger partial charge in [-0.15, -0.1) is 0 Å². The van der Waals surface area contributed by atoms with Gasteiger partial charge in [-0.3, -0.25) is 14.6 Å². The normalized spacial score (nSPS) is 15.2. The van der Waals surface area contributed by atoms with Crippen LogP contribution in [-0.4, -0.2) is 55.2 Å². The maximum Gasteiger partial charge on any atom is 0.295 e. The Morgan fingerprint density at radius 2 is 2.14 bits per heavy atom. The van der Waals surface area contributed by atoms with E-state index in [2.05, 4.69) is 4.90 Å². The Kier molecular flexibility index (Phi) is 5.96. The third kappa shape index (κ3) is 4.07. The largest absolute Gasteiger partial charge is 0.459 e. The molecule has 3 heterocycles. The van der Waals surface area contributed by atoms with Crippen molar-refractivity contribution in [2.45, 2.75) is 13.3 Å². The van der Waals surface area contributed by atoms with E-state index in [4.69, 9.17) is 25.7 Å². The standard InChI is InChI=1S/C20H22ClN3O3S/c1-14-5-6-15(21)18-17(14)22-20(28-18)24(19(25)16-4-2-11-27-16)8-3-7-23-9-12-26-13-10-23/h2,4-6,11H,3,7-10,12-13H2,1H3. The Labute approximate surface area is 172 Å². The number of hydrogen-bond donors (Lipinski definition) is 0. The van der Waals surface area contributed by atoms with Gasteiger partial charge in [0.2, 0.25) is 0 Å². The highest BCUT2D eigenvalue weighted by Gasteiger charge is 2.24. The third-order valence-electron chi connectivity index (χ3n) is 4.85. The van der Waals surface area contributed by atoms with Gasteiger partial charge in [-0.25, -0.2) is 4.98 Å². The van der Waals surface area contributed by atoms with Crippen LogP contribution < -0.4 is 4.90 Å². The van der Waals surface area contributed by atoms with E-state index in [0.717, 1.165) is 55.0 Å². The fourth-order valence-corrected chi connectivity index (χ4v) is 4.64. The second kappa shape index (κ2) is 8.61. The summed E-state index contributed by atoms with van der Waals surface area (Å²) in [5.41, 5.74) is 1.89. The highest BCUT2D eigenvalue weighted by Crippen LogP contribution is 2.36. The highest BCUT2D eigenvalue weighted by atomic mass is 35.5. The van der Waals surface area contributed by atoms with E-state index in [1.54, 1.807) is 17.0 Å². The van der Waals surface area contributed by atoms with Crippen molar-refractivity contribution in [1.82, 2.24) is 9.88 Å².